The lowest BCUT2D eigenvalue weighted by atomic mass is 9.97. The molecule has 0 atom stereocenters. The molecule has 5 nitrogen and oxygen atoms in total. The van der Waals surface area contributed by atoms with E-state index in [1.807, 2.05) is 17.5 Å². The summed E-state index contributed by atoms with van der Waals surface area (Å²) in [5, 5.41) is 15.3. The normalized spacial score (nSPS) is 14.7. The average molecular weight is 382 g/mol. The van der Waals surface area contributed by atoms with Crippen LogP contribution >= 0.6 is 11.3 Å². The van der Waals surface area contributed by atoms with E-state index in [4.69, 9.17) is 4.74 Å². The molecular weight excluding hydrogens is 358 g/mol. The molecular formula is C21H23N3O2S. The van der Waals surface area contributed by atoms with Gasteiger partial charge in [-0.25, -0.2) is 4.98 Å². The highest BCUT2D eigenvalue weighted by Crippen LogP contribution is 2.38. The van der Waals surface area contributed by atoms with Gasteiger partial charge in [0.2, 0.25) is 0 Å². The third-order valence-corrected chi connectivity index (χ3v) is 6.21. The van der Waals surface area contributed by atoms with Gasteiger partial charge in [0.15, 0.2) is 17.3 Å². The molecule has 1 aromatic carbocycles. The average Bonchev–Trinajstić information content (AvgIpc) is 3.00. The van der Waals surface area contributed by atoms with Crippen LogP contribution in [0, 0.1) is 0 Å². The fourth-order valence-corrected chi connectivity index (χ4v) is 4.88. The van der Waals surface area contributed by atoms with Crippen molar-refractivity contribution in [3.63, 3.8) is 0 Å². The van der Waals surface area contributed by atoms with Crippen molar-refractivity contribution in [2.45, 2.75) is 38.5 Å². The number of hydrazone groups is 1. The molecule has 0 fully saturated rings. The number of phenolic OH excluding ortho intramolecular Hbond substituents is 1. The summed E-state index contributed by atoms with van der Waals surface area (Å²) in [5.74, 6) is 1.36. The summed E-state index contributed by atoms with van der Waals surface area (Å²) >= 11 is 1.90. The minimum absolute atomic E-state index is 0.117. The standard InChI is InChI=1S/C21H23N3O2S/c1-26-17-12-14(8-9-16(17)25)13-23-24-21-20-15-6-4-2-3-5-7-18(15)27-19(20)10-11-22-21/h8-13,25H,2-7H2,1H3,(H,22,24)/b23-13+. The number of pyridine rings is 1. The Labute approximate surface area is 162 Å². The predicted molar refractivity (Wildman–Crippen MR) is 111 cm³/mol. The number of thiophene rings is 1. The Balaban J connectivity index is 1.62. The third kappa shape index (κ3) is 3.76. The van der Waals surface area contributed by atoms with Crippen LogP contribution in [0.4, 0.5) is 5.82 Å². The Kier molecular flexibility index (Phi) is 5.25. The van der Waals surface area contributed by atoms with Crippen LogP contribution in [0.15, 0.2) is 35.6 Å². The van der Waals surface area contributed by atoms with Crippen LogP contribution in [0.5, 0.6) is 11.5 Å². The van der Waals surface area contributed by atoms with Gasteiger partial charge in [0.05, 0.1) is 13.3 Å². The highest BCUT2D eigenvalue weighted by Gasteiger charge is 2.17. The number of rotatable bonds is 4. The van der Waals surface area contributed by atoms with E-state index in [0.717, 1.165) is 17.8 Å². The zero-order chi connectivity index (χ0) is 18.6. The van der Waals surface area contributed by atoms with Gasteiger partial charge in [0, 0.05) is 21.2 Å². The lowest BCUT2D eigenvalue weighted by Gasteiger charge is -2.10. The number of ether oxygens (including phenoxy) is 1. The summed E-state index contributed by atoms with van der Waals surface area (Å²) in [5.41, 5.74) is 5.41. The van der Waals surface area contributed by atoms with Gasteiger partial charge in [-0.05, 0) is 61.1 Å². The topological polar surface area (TPSA) is 66.7 Å². The van der Waals surface area contributed by atoms with Gasteiger partial charge >= 0.3 is 0 Å². The Morgan fingerprint density at radius 1 is 1.19 bits per heavy atom. The summed E-state index contributed by atoms with van der Waals surface area (Å²) in [6, 6.07) is 7.23. The molecule has 140 valence electrons. The van der Waals surface area contributed by atoms with Gasteiger partial charge in [-0.3, -0.25) is 5.43 Å². The van der Waals surface area contributed by atoms with E-state index in [-0.39, 0.29) is 5.75 Å². The summed E-state index contributed by atoms with van der Waals surface area (Å²) < 4.78 is 6.42. The van der Waals surface area contributed by atoms with Crippen molar-refractivity contribution in [2.24, 2.45) is 5.10 Å². The second-order valence-electron chi connectivity index (χ2n) is 6.75. The second-order valence-corrected chi connectivity index (χ2v) is 7.89. The number of hydrogen-bond acceptors (Lipinski definition) is 6. The number of anilines is 1. The van der Waals surface area contributed by atoms with Gasteiger partial charge in [-0.15, -0.1) is 11.3 Å². The molecule has 0 unspecified atom stereocenters. The van der Waals surface area contributed by atoms with Crippen LogP contribution in [0.2, 0.25) is 0 Å². The lowest BCUT2D eigenvalue weighted by Crippen LogP contribution is -1.99. The van der Waals surface area contributed by atoms with E-state index in [0.29, 0.717) is 5.75 Å². The molecule has 3 aromatic rings. The predicted octanol–water partition coefficient (Wildman–Crippen LogP) is 5.12. The number of aromatic hydroxyl groups is 1. The van der Waals surface area contributed by atoms with Crippen LogP contribution in [0.25, 0.3) is 10.1 Å². The van der Waals surface area contributed by atoms with Crippen molar-refractivity contribution in [1.29, 1.82) is 0 Å². The zero-order valence-electron chi connectivity index (χ0n) is 15.4. The number of phenols is 1. The maximum Gasteiger partial charge on any atom is 0.161 e. The molecule has 4 rings (SSSR count). The molecule has 27 heavy (non-hydrogen) atoms. The van der Waals surface area contributed by atoms with Crippen LogP contribution in [0.3, 0.4) is 0 Å². The van der Waals surface area contributed by atoms with Crippen molar-refractivity contribution in [2.75, 3.05) is 12.5 Å². The number of methoxy groups -OCH3 is 1. The number of fused-ring (bicyclic) bond motifs is 3. The van der Waals surface area contributed by atoms with Gasteiger partial charge in [0.1, 0.15) is 0 Å². The Morgan fingerprint density at radius 2 is 2.04 bits per heavy atom. The number of benzene rings is 1. The molecule has 2 N–H and O–H groups in total. The molecule has 0 aliphatic heterocycles. The van der Waals surface area contributed by atoms with E-state index in [2.05, 4.69) is 21.6 Å². The lowest BCUT2D eigenvalue weighted by molar-refractivity contribution is 0.373. The molecule has 0 bridgehead atoms. The summed E-state index contributed by atoms with van der Waals surface area (Å²) in [4.78, 5) is 6.04. The Hall–Kier alpha value is -2.60. The minimum Gasteiger partial charge on any atom is -0.504 e. The number of aryl methyl sites for hydroxylation is 2. The fraction of sp³-hybridized carbons (Fsp3) is 0.333. The zero-order valence-corrected chi connectivity index (χ0v) is 16.2. The minimum atomic E-state index is 0.117. The van der Waals surface area contributed by atoms with E-state index in [1.54, 1.807) is 24.4 Å². The summed E-state index contributed by atoms with van der Waals surface area (Å²) in [6.45, 7) is 0. The van der Waals surface area contributed by atoms with Gasteiger partial charge in [-0.1, -0.05) is 12.8 Å². The molecule has 0 radical (unpaired) electrons. The maximum atomic E-state index is 9.69. The highest BCUT2D eigenvalue weighted by atomic mass is 32.1. The van der Waals surface area contributed by atoms with E-state index < -0.39 is 0 Å². The SMILES string of the molecule is COc1cc(/C=N/Nc2nccc3sc4c(c23)CCCCCC4)ccc1O. The van der Waals surface area contributed by atoms with E-state index in [9.17, 15) is 5.11 Å². The quantitative estimate of drug-likeness (QED) is 0.486. The fourth-order valence-electron chi connectivity index (χ4n) is 3.59. The molecule has 0 amide bonds. The van der Waals surface area contributed by atoms with Gasteiger partial charge in [0.25, 0.3) is 0 Å². The van der Waals surface area contributed by atoms with Gasteiger partial charge < -0.3 is 9.84 Å². The molecule has 2 heterocycles. The maximum absolute atomic E-state index is 9.69. The van der Waals surface area contributed by atoms with Gasteiger partial charge in [-0.2, -0.15) is 5.10 Å². The van der Waals surface area contributed by atoms with Crippen LogP contribution < -0.4 is 10.2 Å². The number of hydrogen-bond donors (Lipinski definition) is 2. The molecule has 1 aliphatic carbocycles. The number of aromatic nitrogens is 1. The van der Waals surface area contributed by atoms with Crippen LogP contribution in [0.1, 0.15) is 41.7 Å². The van der Waals surface area contributed by atoms with Crippen molar-refractivity contribution >= 4 is 33.5 Å². The molecule has 1 aliphatic rings. The first kappa shape index (κ1) is 17.8. The Bertz CT molecular complexity index is 981. The molecule has 6 heteroatoms. The van der Waals surface area contributed by atoms with Crippen molar-refractivity contribution in [3.8, 4) is 11.5 Å². The van der Waals surface area contributed by atoms with Crippen LogP contribution in [-0.4, -0.2) is 23.4 Å². The van der Waals surface area contributed by atoms with E-state index >= 15 is 0 Å². The molecule has 0 saturated heterocycles. The van der Waals surface area contributed by atoms with E-state index in [1.165, 1.54) is 59.7 Å². The molecule has 0 saturated carbocycles. The van der Waals surface area contributed by atoms with Crippen molar-refractivity contribution in [1.82, 2.24) is 4.98 Å². The first-order valence-electron chi connectivity index (χ1n) is 9.31. The largest absolute Gasteiger partial charge is 0.504 e. The van der Waals surface area contributed by atoms with Crippen molar-refractivity contribution < 1.29 is 9.84 Å². The van der Waals surface area contributed by atoms with Crippen molar-refractivity contribution in [3.05, 3.63) is 46.5 Å². The summed E-state index contributed by atoms with van der Waals surface area (Å²) in [6.07, 6.45) is 11.0. The Morgan fingerprint density at radius 3 is 2.89 bits per heavy atom. The first-order chi connectivity index (χ1) is 13.3. The second kappa shape index (κ2) is 7.96. The number of nitrogens with one attached hydrogen (secondary N) is 1. The smallest absolute Gasteiger partial charge is 0.161 e. The van der Waals surface area contributed by atoms with Crippen LogP contribution in [-0.2, 0) is 12.8 Å². The molecule has 0 spiro atoms. The first-order valence-corrected chi connectivity index (χ1v) is 10.1. The summed E-state index contributed by atoms with van der Waals surface area (Å²) in [7, 11) is 1.53. The monoisotopic (exact) mass is 381 g/mol. The highest BCUT2D eigenvalue weighted by molar-refractivity contribution is 7.19. The third-order valence-electron chi connectivity index (χ3n) is 4.95. The number of nitrogens with zero attached hydrogens (tertiary/aromatic N) is 2. The molecule has 2 aromatic heterocycles.